The van der Waals surface area contributed by atoms with E-state index in [0.29, 0.717) is 23.8 Å². The van der Waals surface area contributed by atoms with Crippen molar-refractivity contribution >= 4 is 11.7 Å². The molecule has 1 aromatic rings. The van der Waals surface area contributed by atoms with E-state index in [4.69, 9.17) is 0 Å². The Morgan fingerprint density at radius 2 is 1.50 bits per heavy atom. The van der Waals surface area contributed by atoms with Crippen LogP contribution >= 0.6 is 0 Å². The summed E-state index contributed by atoms with van der Waals surface area (Å²) in [5, 5.41) is 3.16. The van der Waals surface area contributed by atoms with Gasteiger partial charge < -0.3 is 5.32 Å². The highest BCUT2D eigenvalue weighted by Crippen LogP contribution is 2.59. The van der Waals surface area contributed by atoms with Gasteiger partial charge in [-0.05, 0) is 61.7 Å². The first-order valence-electron chi connectivity index (χ1n) is 9.47. The number of carbonyl (C=O) groups is 2. The summed E-state index contributed by atoms with van der Waals surface area (Å²) in [5.41, 5.74) is 1.07. The van der Waals surface area contributed by atoms with Crippen molar-refractivity contribution in [2.24, 2.45) is 23.2 Å². The van der Waals surface area contributed by atoms with Crippen LogP contribution in [0.3, 0.4) is 0 Å². The molecule has 4 aliphatic carbocycles. The number of hydrogen-bond donors (Lipinski definition) is 1. The summed E-state index contributed by atoms with van der Waals surface area (Å²) in [6.45, 7) is 0.828. The maximum absolute atomic E-state index is 12.2. The predicted molar refractivity (Wildman–Crippen MR) is 93.6 cm³/mol. The number of hydrogen-bond acceptors (Lipinski definition) is 2. The zero-order valence-corrected chi connectivity index (χ0v) is 14.3. The molecule has 0 aromatic heterocycles. The zero-order valence-electron chi connectivity index (χ0n) is 14.3. The Morgan fingerprint density at radius 3 is 2.08 bits per heavy atom. The maximum atomic E-state index is 12.2. The van der Waals surface area contributed by atoms with Crippen LogP contribution in [0.2, 0.25) is 0 Å². The van der Waals surface area contributed by atoms with E-state index in [0.717, 1.165) is 24.3 Å². The second-order valence-electron chi connectivity index (χ2n) is 8.48. The largest absolute Gasteiger partial charge is 0.356 e. The van der Waals surface area contributed by atoms with Crippen molar-refractivity contribution in [3.63, 3.8) is 0 Å². The summed E-state index contributed by atoms with van der Waals surface area (Å²) in [5.74, 6) is 2.82. The molecule has 0 unspecified atom stereocenters. The van der Waals surface area contributed by atoms with E-state index in [9.17, 15) is 9.59 Å². The van der Waals surface area contributed by atoms with Gasteiger partial charge in [-0.1, -0.05) is 30.3 Å². The van der Waals surface area contributed by atoms with Crippen molar-refractivity contribution in [2.75, 3.05) is 6.54 Å². The van der Waals surface area contributed by atoms with Gasteiger partial charge in [0, 0.05) is 24.9 Å². The van der Waals surface area contributed by atoms with Crippen LogP contribution in [0.5, 0.6) is 0 Å². The lowest BCUT2D eigenvalue weighted by atomic mass is 9.49. The van der Waals surface area contributed by atoms with Gasteiger partial charge in [-0.25, -0.2) is 0 Å². The predicted octanol–water partition coefficient (Wildman–Crippen LogP) is 3.98. The van der Waals surface area contributed by atoms with E-state index in [-0.39, 0.29) is 11.7 Å². The van der Waals surface area contributed by atoms with Crippen LogP contribution in [0, 0.1) is 23.2 Å². The van der Waals surface area contributed by atoms with E-state index in [1.165, 1.54) is 38.5 Å². The van der Waals surface area contributed by atoms with Gasteiger partial charge in [0.15, 0.2) is 5.78 Å². The molecule has 4 aliphatic rings. The topological polar surface area (TPSA) is 46.2 Å². The molecule has 128 valence electrons. The SMILES string of the molecule is O=C(CCC(=O)c1ccccc1)NCC12CC3CC(CC(C3)C1)C2. The molecule has 0 heterocycles. The average Bonchev–Trinajstić information content (AvgIpc) is 2.57. The lowest BCUT2D eigenvalue weighted by molar-refractivity contribution is -0.123. The maximum Gasteiger partial charge on any atom is 0.220 e. The minimum atomic E-state index is 0.0371. The van der Waals surface area contributed by atoms with Crippen molar-refractivity contribution in [3.05, 3.63) is 35.9 Å². The third-order valence-corrected chi connectivity index (χ3v) is 6.50. The van der Waals surface area contributed by atoms with Crippen LogP contribution in [-0.2, 0) is 4.79 Å². The van der Waals surface area contributed by atoms with Crippen molar-refractivity contribution in [3.8, 4) is 0 Å². The highest BCUT2D eigenvalue weighted by Gasteiger charge is 2.50. The Bertz CT molecular complexity index is 587. The molecule has 0 aliphatic heterocycles. The smallest absolute Gasteiger partial charge is 0.220 e. The van der Waals surface area contributed by atoms with Gasteiger partial charge in [-0.3, -0.25) is 9.59 Å². The van der Waals surface area contributed by atoms with Crippen LogP contribution in [0.15, 0.2) is 30.3 Å². The number of amides is 1. The molecule has 4 bridgehead atoms. The number of rotatable bonds is 6. The number of benzene rings is 1. The van der Waals surface area contributed by atoms with Gasteiger partial charge in [0.2, 0.25) is 5.91 Å². The summed E-state index contributed by atoms with van der Waals surface area (Å²) < 4.78 is 0. The third kappa shape index (κ3) is 3.26. The molecule has 3 heteroatoms. The Hall–Kier alpha value is -1.64. The molecule has 0 spiro atoms. The highest BCUT2D eigenvalue weighted by atomic mass is 16.2. The lowest BCUT2D eigenvalue weighted by Gasteiger charge is -2.56. The molecule has 24 heavy (non-hydrogen) atoms. The molecule has 4 fully saturated rings. The van der Waals surface area contributed by atoms with Gasteiger partial charge in [0.05, 0.1) is 0 Å². The Morgan fingerprint density at radius 1 is 0.917 bits per heavy atom. The van der Waals surface area contributed by atoms with Crippen molar-refractivity contribution < 1.29 is 9.59 Å². The Balaban J connectivity index is 1.26. The van der Waals surface area contributed by atoms with Crippen LogP contribution in [0.4, 0.5) is 0 Å². The third-order valence-electron chi connectivity index (χ3n) is 6.50. The van der Waals surface area contributed by atoms with Gasteiger partial charge in [-0.2, -0.15) is 0 Å². The first-order chi connectivity index (χ1) is 11.6. The fraction of sp³-hybridized carbons (Fsp3) is 0.619. The number of carbonyl (C=O) groups excluding carboxylic acids is 2. The van der Waals surface area contributed by atoms with Crippen LogP contribution in [0.1, 0.15) is 61.7 Å². The first-order valence-corrected chi connectivity index (χ1v) is 9.47. The molecular formula is C21H27NO2. The van der Waals surface area contributed by atoms with Crippen molar-refractivity contribution in [1.29, 1.82) is 0 Å². The monoisotopic (exact) mass is 325 g/mol. The minimum absolute atomic E-state index is 0.0371. The fourth-order valence-electron chi connectivity index (χ4n) is 5.88. The van der Waals surface area contributed by atoms with Crippen LogP contribution in [-0.4, -0.2) is 18.2 Å². The highest BCUT2D eigenvalue weighted by molar-refractivity contribution is 5.97. The molecular weight excluding hydrogens is 298 g/mol. The molecule has 3 nitrogen and oxygen atoms in total. The quantitative estimate of drug-likeness (QED) is 0.804. The Kier molecular flexibility index (Phi) is 4.19. The number of Topliss-reactive ketones (excluding diaryl/α,β-unsaturated/α-hetero) is 1. The normalized spacial score (nSPS) is 33.4. The van der Waals surface area contributed by atoms with Crippen LogP contribution < -0.4 is 5.32 Å². The zero-order chi connectivity index (χ0) is 16.6. The molecule has 0 atom stereocenters. The fourth-order valence-corrected chi connectivity index (χ4v) is 5.88. The second kappa shape index (κ2) is 6.34. The molecule has 0 saturated heterocycles. The Labute approximate surface area is 144 Å². The van der Waals surface area contributed by atoms with Gasteiger partial charge in [0.25, 0.3) is 0 Å². The summed E-state index contributed by atoms with van der Waals surface area (Å²) in [6.07, 6.45) is 8.82. The lowest BCUT2D eigenvalue weighted by Crippen LogP contribution is -2.51. The number of ketones is 1. The van der Waals surface area contributed by atoms with Crippen LogP contribution in [0.25, 0.3) is 0 Å². The van der Waals surface area contributed by atoms with Crippen molar-refractivity contribution in [1.82, 2.24) is 5.32 Å². The molecule has 1 amide bonds. The van der Waals surface area contributed by atoms with Gasteiger partial charge >= 0.3 is 0 Å². The minimum Gasteiger partial charge on any atom is -0.356 e. The average molecular weight is 325 g/mol. The molecule has 1 aromatic carbocycles. The molecule has 1 N–H and O–H groups in total. The summed E-state index contributed by atoms with van der Waals surface area (Å²) in [6, 6.07) is 9.25. The van der Waals surface area contributed by atoms with E-state index in [1.54, 1.807) is 0 Å². The summed E-state index contributed by atoms with van der Waals surface area (Å²) in [7, 11) is 0. The van der Waals surface area contributed by atoms with E-state index >= 15 is 0 Å². The van der Waals surface area contributed by atoms with Crippen molar-refractivity contribution in [2.45, 2.75) is 51.4 Å². The molecule has 0 radical (unpaired) electrons. The number of nitrogens with one attached hydrogen (secondary N) is 1. The van der Waals surface area contributed by atoms with Gasteiger partial charge in [-0.15, -0.1) is 0 Å². The molecule has 5 rings (SSSR count). The van der Waals surface area contributed by atoms with E-state index in [1.807, 2.05) is 30.3 Å². The second-order valence-corrected chi connectivity index (χ2v) is 8.48. The summed E-state index contributed by atoms with van der Waals surface area (Å²) >= 11 is 0. The van der Waals surface area contributed by atoms with E-state index < -0.39 is 0 Å². The molecule has 4 saturated carbocycles. The van der Waals surface area contributed by atoms with E-state index in [2.05, 4.69) is 5.32 Å². The van der Waals surface area contributed by atoms with Gasteiger partial charge in [0.1, 0.15) is 0 Å². The standard InChI is InChI=1S/C21H27NO2/c23-19(18-4-2-1-3-5-18)6-7-20(24)22-14-21-11-15-8-16(12-21)10-17(9-15)13-21/h1-5,15-17H,6-14H2,(H,22,24). The first kappa shape index (κ1) is 15.9. The summed E-state index contributed by atoms with van der Waals surface area (Å²) in [4.78, 5) is 24.3.